The highest BCUT2D eigenvalue weighted by atomic mass is 14.9. The Balaban J connectivity index is 2.32. The second-order valence-electron chi connectivity index (χ2n) is 5.73. The Labute approximate surface area is 106 Å². The molecule has 94 valence electrons. The molecule has 17 heavy (non-hydrogen) atoms. The highest BCUT2D eigenvalue weighted by Crippen LogP contribution is 2.41. The summed E-state index contributed by atoms with van der Waals surface area (Å²) in [6, 6.07) is 5.47. The van der Waals surface area contributed by atoms with Gasteiger partial charge < -0.3 is 5.32 Å². The number of hydrogen-bond donors (Lipinski definition) is 1. The van der Waals surface area contributed by atoms with Crippen LogP contribution in [0, 0.1) is 26.7 Å². The van der Waals surface area contributed by atoms with Gasteiger partial charge in [-0.2, -0.15) is 0 Å². The molecule has 1 aromatic carbocycles. The third kappa shape index (κ3) is 2.26. The van der Waals surface area contributed by atoms with E-state index < -0.39 is 0 Å². The Bertz CT molecular complexity index is 408. The SMILES string of the molecule is CNC1CCC(c2cc(C)c(C)cc2C)C1C. The lowest BCUT2D eigenvalue weighted by Gasteiger charge is -2.23. The maximum Gasteiger partial charge on any atom is 0.00957 e. The van der Waals surface area contributed by atoms with Gasteiger partial charge in [0.1, 0.15) is 0 Å². The minimum Gasteiger partial charge on any atom is -0.317 e. The Kier molecular flexibility index (Phi) is 3.58. The zero-order chi connectivity index (χ0) is 12.6. The summed E-state index contributed by atoms with van der Waals surface area (Å²) in [5.74, 6) is 1.49. The van der Waals surface area contributed by atoms with Crippen LogP contribution in [0.15, 0.2) is 12.1 Å². The standard InChI is InChI=1S/C16H25N/c1-10-8-12(3)15(9-11(10)2)14-6-7-16(17-5)13(14)4/h8-9,13-14,16-17H,6-7H2,1-5H3. The van der Waals surface area contributed by atoms with Crippen LogP contribution in [0.2, 0.25) is 0 Å². The molecule has 1 aliphatic rings. The number of aryl methyl sites for hydroxylation is 3. The van der Waals surface area contributed by atoms with Crippen molar-refractivity contribution in [1.29, 1.82) is 0 Å². The summed E-state index contributed by atoms with van der Waals surface area (Å²) in [6.07, 6.45) is 2.64. The van der Waals surface area contributed by atoms with E-state index in [0.717, 1.165) is 11.8 Å². The first kappa shape index (κ1) is 12.6. The number of benzene rings is 1. The van der Waals surface area contributed by atoms with E-state index >= 15 is 0 Å². The molecule has 0 aromatic heterocycles. The lowest BCUT2D eigenvalue weighted by atomic mass is 9.84. The quantitative estimate of drug-likeness (QED) is 0.818. The largest absolute Gasteiger partial charge is 0.317 e. The Morgan fingerprint density at radius 1 is 1.00 bits per heavy atom. The normalized spacial score (nSPS) is 28.6. The molecule has 1 nitrogen and oxygen atoms in total. The molecule has 3 atom stereocenters. The zero-order valence-electron chi connectivity index (χ0n) is 11.8. The van der Waals surface area contributed by atoms with Gasteiger partial charge in [-0.05, 0) is 74.8 Å². The van der Waals surface area contributed by atoms with Crippen LogP contribution in [0.4, 0.5) is 0 Å². The van der Waals surface area contributed by atoms with Gasteiger partial charge in [0, 0.05) is 6.04 Å². The van der Waals surface area contributed by atoms with Crippen molar-refractivity contribution in [2.45, 2.75) is 52.5 Å². The topological polar surface area (TPSA) is 12.0 Å². The van der Waals surface area contributed by atoms with Gasteiger partial charge in [-0.3, -0.25) is 0 Å². The van der Waals surface area contributed by atoms with Gasteiger partial charge in [-0.15, -0.1) is 0 Å². The van der Waals surface area contributed by atoms with Crippen LogP contribution in [0.25, 0.3) is 0 Å². The number of rotatable bonds is 2. The molecule has 1 fully saturated rings. The molecule has 1 saturated carbocycles. The summed E-state index contributed by atoms with van der Waals surface area (Å²) in [6.45, 7) is 9.10. The summed E-state index contributed by atoms with van der Waals surface area (Å²) in [5.41, 5.74) is 5.91. The van der Waals surface area contributed by atoms with Crippen molar-refractivity contribution in [3.05, 3.63) is 34.4 Å². The average Bonchev–Trinajstić information content (AvgIpc) is 2.65. The molecular formula is C16H25N. The predicted octanol–water partition coefficient (Wildman–Crippen LogP) is 3.71. The molecule has 0 saturated heterocycles. The van der Waals surface area contributed by atoms with Gasteiger partial charge in [0.15, 0.2) is 0 Å². The molecule has 3 unspecified atom stereocenters. The van der Waals surface area contributed by atoms with Crippen LogP contribution < -0.4 is 5.32 Å². The zero-order valence-corrected chi connectivity index (χ0v) is 11.8. The van der Waals surface area contributed by atoms with E-state index in [1.807, 2.05) is 0 Å². The molecular weight excluding hydrogens is 206 g/mol. The molecule has 1 heteroatoms. The van der Waals surface area contributed by atoms with Crippen molar-refractivity contribution in [3.8, 4) is 0 Å². The molecule has 0 aliphatic heterocycles. The predicted molar refractivity (Wildman–Crippen MR) is 74.6 cm³/mol. The van der Waals surface area contributed by atoms with Crippen LogP contribution in [0.5, 0.6) is 0 Å². The first-order valence-electron chi connectivity index (χ1n) is 6.79. The van der Waals surface area contributed by atoms with Gasteiger partial charge in [0.25, 0.3) is 0 Å². The minimum atomic E-state index is 0.695. The second kappa shape index (κ2) is 4.81. The molecule has 0 amide bonds. The maximum absolute atomic E-state index is 3.46. The molecule has 2 rings (SSSR count). The van der Waals surface area contributed by atoms with E-state index in [2.05, 4.69) is 52.2 Å². The Morgan fingerprint density at radius 2 is 1.65 bits per heavy atom. The lowest BCUT2D eigenvalue weighted by Crippen LogP contribution is -2.28. The average molecular weight is 231 g/mol. The van der Waals surface area contributed by atoms with Crippen molar-refractivity contribution in [2.24, 2.45) is 5.92 Å². The van der Waals surface area contributed by atoms with Crippen LogP contribution >= 0.6 is 0 Å². The third-order valence-corrected chi connectivity index (χ3v) is 4.71. The van der Waals surface area contributed by atoms with E-state index in [0.29, 0.717) is 6.04 Å². The fraction of sp³-hybridized carbons (Fsp3) is 0.625. The maximum atomic E-state index is 3.46. The van der Waals surface area contributed by atoms with Gasteiger partial charge in [0.05, 0.1) is 0 Å². The molecule has 0 radical (unpaired) electrons. The minimum absolute atomic E-state index is 0.695. The molecule has 1 aromatic rings. The first-order valence-corrected chi connectivity index (χ1v) is 6.79. The Morgan fingerprint density at radius 3 is 2.24 bits per heavy atom. The smallest absolute Gasteiger partial charge is 0.00957 e. The number of nitrogens with one attached hydrogen (secondary N) is 1. The lowest BCUT2D eigenvalue weighted by molar-refractivity contribution is 0.428. The molecule has 0 bridgehead atoms. The molecule has 0 spiro atoms. The highest BCUT2D eigenvalue weighted by Gasteiger charge is 2.33. The summed E-state index contributed by atoms with van der Waals surface area (Å²) < 4.78 is 0. The molecule has 1 N–H and O–H groups in total. The molecule has 1 aliphatic carbocycles. The Hall–Kier alpha value is -0.820. The van der Waals surface area contributed by atoms with Gasteiger partial charge in [0.2, 0.25) is 0 Å². The van der Waals surface area contributed by atoms with Gasteiger partial charge in [-0.25, -0.2) is 0 Å². The summed E-state index contributed by atoms with van der Waals surface area (Å²) >= 11 is 0. The van der Waals surface area contributed by atoms with E-state index in [1.54, 1.807) is 5.56 Å². The van der Waals surface area contributed by atoms with E-state index in [4.69, 9.17) is 0 Å². The fourth-order valence-electron chi connectivity index (χ4n) is 3.39. The van der Waals surface area contributed by atoms with Crippen molar-refractivity contribution in [3.63, 3.8) is 0 Å². The number of hydrogen-bond acceptors (Lipinski definition) is 1. The first-order chi connectivity index (χ1) is 8.04. The van der Waals surface area contributed by atoms with Gasteiger partial charge in [-0.1, -0.05) is 19.1 Å². The monoisotopic (exact) mass is 231 g/mol. The van der Waals surface area contributed by atoms with E-state index in [1.165, 1.54) is 29.5 Å². The van der Waals surface area contributed by atoms with Crippen molar-refractivity contribution >= 4 is 0 Å². The summed E-state index contributed by atoms with van der Waals surface area (Å²) in [5, 5.41) is 3.46. The van der Waals surface area contributed by atoms with E-state index in [-0.39, 0.29) is 0 Å². The fourth-order valence-corrected chi connectivity index (χ4v) is 3.39. The van der Waals surface area contributed by atoms with Crippen molar-refractivity contribution < 1.29 is 0 Å². The van der Waals surface area contributed by atoms with Crippen LogP contribution in [0.1, 0.15) is 47.9 Å². The second-order valence-corrected chi connectivity index (χ2v) is 5.73. The summed E-state index contributed by atoms with van der Waals surface area (Å²) in [7, 11) is 2.09. The van der Waals surface area contributed by atoms with Crippen LogP contribution in [-0.2, 0) is 0 Å². The van der Waals surface area contributed by atoms with Crippen LogP contribution in [-0.4, -0.2) is 13.1 Å². The third-order valence-electron chi connectivity index (χ3n) is 4.71. The highest BCUT2D eigenvalue weighted by molar-refractivity contribution is 5.39. The summed E-state index contributed by atoms with van der Waals surface area (Å²) in [4.78, 5) is 0. The van der Waals surface area contributed by atoms with Crippen molar-refractivity contribution in [2.75, 3.05) is 7.05 Å². The molecule has 0 heterocycles. The van der Waals surface area contributed by atoms with Crippen LogP contribution in [0.3, 0.4) is 0 Å². The van der Waals surface area contributed by atoms with Crippen molar-refractivity contribution in [1.82, 2.24) is 5.32 Å². The van der Waals surface area contributed by atoms with E-state index in [9.17, 15) is 0 Å². The van der Waals surface area contributed by atoms with Gasteiger partial charge >= 0.3 is 0 Å².